The topological polar surface area (TPSA) is 0 Å². The van der Waals surface area contributed by atoms with Gasteiger partial charge in [-0.3, -0.25) is 0 Å². The van der Waals surface area contributed by atoms with Gasteiger partial charge in [0.1, 0.15) is 0 Å². The third-order valence-electron chi connectivity index (χ3n) is 5.16. The van der Waals surface area contributed by atoms with E-state index in [9.17, 15) is 0 Å². The summed E-state index contributed by atoms with van der Waals surface area (Å²) in [6.07, 6.45) is 7.28. The molecule has 0 saturated heterocycles. The number of fused-ring (bicyclic) bond motifs is 1. The van der Waals surface area contributed by atoms with Gasteiger partial charge in [0.05, 0.1) is 0 Å². The molecule has 0 atom stereocenters. The minimum Gasteiger partial charge on any atom is -0.0683 e. The van der Waals surface area contributed by atoms with Crippen molar-refractivity contribution in [2.24, 2.45) is 0 Å². The van der Waals surface area contributed by atoms with E-state index < -0.39 is 0 Å². The Morgan fingerprint density at radius 3 is 2.29 bits per heavy atom. The van der Waals surface area contributed by atoms with Crippen LogP contribution in [0, 0.1) is 0 Å². The molecule has 126 valence electrons. The Morgan fingerprint density at radius 2 is 1.67 bits per heavy atom. The quantitative estimate of drug-likeness (QED) is 0.572. The molecule has 0 heteroatoms. The summed E-state index contributed by atoms with van der Waals surface area (Å²) < 4.78 is 0. The van der Waals surface area contributed by atoms with Crippen LogP contribution >= 0.6 is 0 Å². The summed E-state index contributed by atoms with van der Waals surface area (Å²) in [5, 5.41) is 0. The Bertz CT molecular complexity index is 752. The second-order valence-electron chi connectivity index (χ2n) is 8.26. The number of aryl methyl sites for hydroxylation is 1. The maximum absolute atomic E-state index is 2.40. The van der Waals surface area contributed by atoms with Gasteiger partial charge in [0.15, 0.2) is 0 Å². The summed E-state index contributed by atoms with van der Waals surface area (Å²) in [6.45, 7) is 11.3. The van der Waals surface area contributed by atoms with E-state index in [1.165, 1.54) is 47.1 Å². The highest BCUT2D eigenvalue weighted by molar-refractivity contribution is 5.81. The first kappa shape index (κ1) is 17.0. The molecule has 0 bridgehead atoms. The van der Waals surface area contributed by atoms with Gasteiger partial charge in [-0.25, -0.2) is 0 Å². The molecule has 2 aromatic rings. The first-order valence-electron chi connectivity index (χ1n) is 9.33. The minimum absolute atomic E-state index is 0.209. The second kappa shape index (κ2) is 6.59. The molecule has 24 heavy (non-hydrogen) atoms. The molecule has 0 spiro atoms. The normalized spacial score (nSPS) is 13.8. The zero-order valence-corrected chi connectivity index (χ0v) is 15.9. The number of benzene rings is 2. The first-order valence-corrected chi connectivity index (χ1v) is 9.33. The van der Waals surface area contributed by atoms with Crippen molar-refractivity contribution in [2.75, 3.05) is 0 Å². The van der Waals surface area contributed by atoms with Crippen molar-refractivity contribution in [3.05, 3.63) is 64.2 Å². The predicted molar refractivity (Wildman–Crippen MR) is 107 cm³/mol. The predicted octanol–water partition coefficient (Wildman–Crippen LogP) is 6.95. The summed E-state index contributed by atoms with van der Waals surface area (Å²) in [6, 6.07) is 13.9. The summed E-state index contributed by atoms with van der Waals surface area (Å²) in [5.41, 5.74) is 10.4. The molecule has 0 saturated carbocycles. The molecule has 0 aromatic heterocycles. The van der Waals surface area contributed by atoms with Crippen LogP contribution in [-0.4, -0.2) is 0 Å². The zero-order chi connectivity index (χ0) is 17.3. The van der Waals surface area contributed by atoms with Gasteiger partial charge in [-0.2, -0.15) is 0 Å². The van der Waals surface area contributed by atoms with Gasteiger partial charge in [-0.15, -0.1) is 0 Å². The van der Waals surface area contributed by atoms with Crippen LogP contribution in [0.5, 0.6) is 0 Å². The molecule has 0 nitrogen and oxygen atoms in total. The van der Waals surface area contributed by atoms with Gasteiger partial charge >= 0.3 is 0 Å². The highest BCUT2D eigenvalue weighted by Gasteiger charge is 2.19. The molecule has 0 radical (unpaired) electrons. The third kappa shape index (κ3) is 3.34. The van der Waals surface area contributed by atoms with Crippen LogP contribution in [-0.2, 0) is 18.3 Å². The Morgan fingerprint density at radius 1 is 0.958 bits per heavy atom. The van der Waals surface area contributed by atoms with Crippen LogP contribution in [0.1, 0.15) is 69.7 Å². The van der Waals surface area contributed by atoms with Gasteiger partial charge < -0.3 is 0 Å². The van der Waals surface area contributed by atoms with Crippen LogP contribution in [0.15, 0.2) is 42.0 Å². The Hall–Kier alpha value is -1.82. The highest BCUT2D eigenvalue weighted by atomic mass is 14.2. The van der Waals surface area contributed by atoms with Crippen molar-refractivity contribution < 1.29 is 0 Å². The van der Waals surface area contributed by atoms with Crippen molar-refractivity contribution in [1.82, 2.24) is 0 Å². The smallest absolute Gasteiger partial charge is 0.00576 e. The molecule has 0 amide bonds. The number of rotatable bonds is 4. The lowest BCUT2D eigenvalue weighted by Crippen LogP contribution is -2.10. The number of hydrogen-bond donors (Lipinski definition) is 0. The molecule has 1 aliphatic rings. The molecular weight excluding hydrogens is 288 g/mol. The lowest BCUT2D eigenvalue weighted by molar-refractivity contribution is 0.590. The Labute approximate surface area is 147 Å². The van der Waals surface area contributed by atoms with Gasteiger partial charge in [0, 0.05) is 0 Å². The minimum atomic E-state index is 0.209. The highest BCUT2D eigenvalue weighted by Crippen LogP contribution is 2.37. The van der Waals surface area contributed by atoms with Crippen LogP contribution < -0.4 is 0 Å². The zero-order valence-electron chi connectivity index (χ0n) is 15.9. The average molecular weight is 319 g/mol. The first-order chi connectivity index (χ1) is 11.4. The van der Waals surface area contributed by atoms with E-state index in [1.807, 2.05) is 0 Å². The van der Waals surface area contributed by atoms with Crippen LogP contribution in [0.4, 0.5) is 0 Å². The summed E-state index contributed by atoms with van der Waals surface area (Å²) in [4.78, 5) is 0. The number of unbranched alkanes of at least 4 members (excludes halogenated alkanes) is 1. The van der Waals surface area contributed by atoms with Crippen LogP contribution in [0.25, 0.3) is 17.2 Å². The maximum atomic E-state index is 2.40. The summed E-state index contributed by atoms with van der Waals surface area (Å²) >= 11 is 0. The van der Waals surface area contributed by atoms with Crippen LogP contribution in [0.3, 0.4) is 0 Å². The van der Waals surface area contributed by atoms with E-state index in [-0.39, 0.29) is 5.41 Å². The van der Waals surface area contributed by atoms with E-state index >= 15 is 0 Å². The number of allylic oxidation sites excluding steroid dienone is 1. The van der Waals surface area contributed by atoms with Crippen molar-refractivity contribution in [1.29, 1.82) is 0 Å². The fraction of sp³-hybridized carbons (Fsp3) is 0.417. The fourth-order valence-corrected chi connectivity index (χ4v) is 3.66. The Balaban J connectivity index is 2.01. The Kier molecular flexibility index (Phi) is 4.67. The van der Waals surface area contributed by atoms with Gasteiger partial charge in [-0.05, 0) is 65.0 Å². The van der Waals surface area contributed by atoms with E-state index in [0.29, 0.717) is 0 Å². The number of hydrogen-bond acceptors (Lipinski definition) is 0. The second-order valence-corrected chi connectivity index (χ2v) is 8.26. The van der Waals surface area contributed by atoms with Crippen molar-refractivity contribution >= 4 is 6.08 Å². The van der Waals surface area contributed by atoms with E-state index in [0.717, 1.165) is 6.42 Å². The third-order valence-corrected chi connectivity index (χ3v) is 5.16. The summed E-state index contributed by atoms with van der Waals surface area (Å²) in [5.74, 6) is 0. The molecule has 3 rings (SSSR count). The molecule has 0 N–H and O–H groups in total. The fourth-order valence-electron chi connectivity index (χ4n) is 3.66. The molecule has 0 fully saturated rings. The van der Waals surface area contributed by atoms with Crippen molar-refractivity contribution in [2.45, 2.75) is 65.7 Å². The molecule has 1 aliphatic carbocycles. The average Bonchev–Trinajstić information content (AvgIpc) is 2.93. The molecular formula is C24H30. The van der Waals surface area contributed by atoms with E-state index in [2.05, 4.69) is 77.1 Å². The lowest BCUT2D eigenvalue weighted by Gasteiger charge is -2.20. The SMILES string of the molecule is CCCCc1ccc(-c2ccc(C(C)(C)C)cc2)c2c1CC(C)=C2. The largest absolute Gasteiger partial charge is 0.0683 e. The van der Waals surface area contributed by atoms with Crippen molar-refractivity contribution in [3.8, 4) is 11.1 Å². The monoisotopic (exact) mass is 318 g/mol. The van der Waals surface area contributed by atoms with E-state index in [1.54, 1.807) is 11.1 Å². The summed E-state index contributed by atoms with van der Waals surface area (Å²) in [7, 11) is 0. The van der Waals surface area contributed by atoms with Gasteiger partial charge in [-0.1, -0.05) is 82.2 Å². The van der Waals surface area contributed by atoms with Crippen LogP contribution in [0.2, 0.25) is 0 Å². The molecule has 0 unspecified atom stereocenters. The van der Waals surface area contributed by atoms with Gasteiger partial charge in [0.2, 0.25) is 0 Å². The lowest BCUT2D eigenvalue weighted by atomic mass is 9.85. The van der Waals surface area contributed by atoms with Crippen molar-refractivity contribution in [3.63, 3.8) is 0 Å². The van der Waals surface area contributed by atoms with Gasteiger partial charge in [0.25, 0.3) is 0 Å². The maximum Gasteiger partial charge on any atom is -0.00576 e. The molecule has 0 heterocycles. The standard InChI is InChI=1S/C24H30/c1-6-7-8-18-11-14-21(23-16-17(2)15-22(18)23)19-9-12-20(13-10-19)24(3,4)5/h9-14,16H,6-8,15H2,1-5H3. The molecule has 2 aromatic carbocycles. The van der Waals surface area contributed by atoms with E-state index in [4.69, 9.17) is 0 Å². The molecule has 0 aliphatic heterocycles.